The summed E-state index contributed by atoms with van der Waals surface area (Å²) < 4.78 is 36.1. The summed E-state index contributed by atoms with van der Waals surface area (Å²) >= 11 is 0. The SMILES string of the molecule is CCOC(=O)c1ccc(N2CCCN(S(=O)(=O)c3ccc4c(c3)n(C)c(=O)n4C)CC2)nc1. The predicted molar refractivity (Wildman–Crippen MR) is 124 cm³/mol. The van der Waals surface area contributed by atoms with E-state index in [2.05, 4.69) is 4.98 Å². The molecule has 1 fully saturated rings. The van der Waals surface area contributed by atoms with E-state index in [-0.39, 0.29) is 10.6 Å². The Labute approximate surface area is 192 Å². The lowest BCUT2D eigenvalue weighted by atomic mass is 10.2. The summed E-state index contributed by atoms with van der Waals surface area (Å²) in [6.45, 7) is 3.84. The van der Waals surface area contributed by atoms with Crippen molar-refractivity contribution < 1.29 is 17.9 Å². The summed E-state index contributed by atoms with van der Waals surface area (Å²) in [4.78, 5) is 30.6. The lowest BCUT2D eigenvalue weighted by molar-refractivity contribution is 0.0526. The van der Waals surface area contributed by atoms with E-state index in [0.717, 1.165) is 0 Å². The van der Waals surface area contributed by atoms with Crippen molar-refractivity contribution in [2.75, 3.05) is 37.7 Å². The van der Waals surface area contributed by atoms with Gasteiger partial charge in [0.2, 0.25) is 10.0 Å². The second-order valence-corrected chi connectivity index (χ2v) is 9.86. The van der Waals surface area contributed by atoms with Crippen LogP contribution in [0.5, 0.6) is 0 Å². The number of benzene rings is 1. The number of carbonyl (C=O) groups excluding carboxylic acids is 1. The van der Waals surface area contributed by atoms with Crippen molar-refractivity contribution in [2.45, 2.75) is 18.2 Å². The molecule has 0 atom stereocenters. The molecule has 3 heterocycles. The average molecular weight is 474 g/mol. The molecule has 1 aliphatic rings. The van der Waals surface area contributed by atoms with Gasteiger partial charge in [0.15, 0.2) is 0 Å². The van der Waals surface area contributed by atoms with Gasteiger partial charge < -0.3 is 9.64 Å². The highest BCUT2D eigenvalue weighted by Crippen LogP contribution is 2.23. The number of fused-ring (bicyclic) bond motifs is 1. The average Bonchev–Trinajstić information content (AvgIpc) is 3.00. The molecule has 1 aromatic carbocycles. The van der Waals surface area contributed by atoms with Gasteiger partial charge in [0, 0.05) is 46.5 Å². The molecule has 176 valence electrons. The Morgan fingerprint density at radius 1 is 1.03 bits per heavy atom. The monoisotopic (exact) mass is 473 g/mol. The van der Waals surface area contributed by atoms with Crippen LogP contribution in [0.4, 0.5) is 5.82 Å². The Bertz CT molecular complexity index is 1340. The fourth-order valence-corrected chi connectivity index (χ4v) is 5.56. The molecule has 0 aliphatic carbocycles. The minimum atomic E-state index is -3.73. The summed E-state index contributed by atoms with van der Waals surface area (Å²) in [5, 5.41) is 0. The number of aryl methyl sites for hydroxylation is 2. The van der Waals surface area contributed by atoms with Crippen LogP contribution < -0.4 is 10.6 Å². The summed E-state index contributed by atoms with van der Waals surface area (Å²) in [7, 11) is -0.434. The van der Waals surface area contributed by atoms with Crippen LogP contribution in [0.25, 0.3) is 11.0 Å². The molecule has 0 saturated carbocycles. The number of anilines is 1. The van der Waals surface area contributed by atoms with Crippen LogP contribution in [-0.4, -0.2) is 65.6 Å². The Balaban J connectivity index is 1.52. The number of aromatic nitrogens is 3. The third kappa shape index (κ3) is 4.25. The zero-order chi connectivity index (χ0) is 23.8. The van der Waals surface area contributed by atoms with E-state index in [1.807, 2.05) is 4.90 Å². The number of carbonyl (C=O) groups is 1. The van der Waals surface area contributed by atoms with E-state index in [0.29, 0.717) is 61.6 Å². The summed E-state index contributed by atoms with van der Waals surface area (Å²) in [5.74, 6) is 0.264. The molecule has 2 aromatic heterocycles. The smallest absolute Gasteiger partial charge is 0.339 e. The third-order valence-electron chi connectivity index (χ3n) is 5.92. The maximum atomic E-state index is 13.4. The highest BCUT2D eigenvalue weighted by molar-refractivity contribution is 7.89. The summed E-state index contributed by atoms with van der Waals surface area (Å²) in [6, 6.07) is 8.20. The van der Waals surface area contributed by atoms with Gasteiger partial charge in [0.25, 0.3) is 0 Å². The quantitative estimate of drug-likeness (QED) is 0.515. The van der Waals surface area contributed by atoms with Gasteiger partial charge in [0.1, 0.15) is 5.82 Å². The second kappa shape index (κ2) is 8.99. The van der Waals surface area contributed by atoms with E-state index < -0.39 is 16.0 Å². The minimum Gasteiger partial charge on any atom is -0.462 e. The summed E-state index contributed by atoms with van der Waals surface area (Å²) in [6.07, 6.45) is 2.11. The molecule has 0 spiro atoms. The van der Waals surface area contributed by atoms with E-state index in [1.54, 1.807) is 51.4 Å². The van der Waals surface area contributed by atoms with Crippen molar-refractivity contribution in [1.82, 2.24) is 18.4 Å². The molecule has 0 unspecified atom stereocenters. The van der Waals surface area contributed by atoms with Crippen LogP contribution in [0.2, 0.25) is 0 Å². The molecule has 3 aromatic rings. The van der Waals surface area contributed by atoms with E-state index >= 15 is 0 Å². The van der Waals surface area contributed by atoms with E-state index in [9.17, 15) is 18.0 Å². The van der Waals surface area contributed by atoms with Crippen molar-refractivity contribution in [3.63, 3.8) is 0 Å². The van der Waals surface area contributed by atoms with Gasteiger partial charge in [-0.15, -0.1) is 0 Å². The number of hydrogen-bond donors (Lipinski definition) is 0. The van der Waals surface area contributed by atoms with Gasteiger partial charge >= 0.3 is 11.7 Å². The fourth-order valence-electron chi connectivity index (χ4n) is 4.07. The highest BCUT2D eigenvalue weighted by atomic mass is 32.2. The number of imidazole rings is 1. The minimum absolute atomic E-state index is 0.168. The van der Waals surface area contributed by atoms with E-state index in [4.69, 9.17) is 4.74 Å². The number of pyridine rings is 1. The molecular formula is C22H27N5O5S. The van der Waals surface area contributed by atoms with Crippen molar-refractivity contribution in [3.8, 4) is 0 Å². The van der Waals surface area contributed by atoms with Crippen molar-refractivity contribution in [2.24, 2.45) is 14.1 Å². The molecule has 0 bridgehead atoms. The number of nitrogens with zero attached hydrogens (tertiary/aromatic N) is 5. The first-order valence-electron chi connectivity index (χ1n) is 10.8. The second-order valence-electron chi connectivity index (χ2n) is 7.92. The molecule has 1 aliphatic heterocycles. The number of sulfonamides is 1. The van der Waals surface area contributed by atoms with Gasteiger partial charge in [-0.3, -0.25) is 9.13 Å². The van der Waals surface area contributed by atoms with Crippen LogP contribution in [0.1, 0.15) is 23.7 Å². The van der Waals surface area contributed by atoms with Crippen molar-refractivity contribution in [1.29, 1.82) is 0 Å². The molecular weight excluding hydrogens is 446 g/mol. The molecule has 0 radical (unpaired) electrons. The first-order chi connectivity index (χ1) is 15.7. The topological polar surface area (TPSA) is 107 Å². The summed E-state index contributed by atoms with van der Waals surface area (Å²) in [5.41, 5.74) is 1.43. The fraction of sp³-hybridized carbons (Fsp3) is 0.409. The maximum absolute atomic E-state index is 13.4. The van der Waals surface area contributed by atoms with Crippen molar-refractivity contribution in [3.05, 3.63) is 52.6 Å². The Morgan fingerprint density at radius 3 is 2.48 bits per heavy atom. The predicted octanol–water partition coefficient (Wildman–Crippen LogP) is 1.35. The molecule has 10 nitrogen and oxygen atoms in total. The normalized spacial score (nSPS) is 15.5. The van der Waals surface area contributed by atoms with Gasteiger partial charge in [-0.1, -0.05) is 0 Å². The first kappa shape index (κ1) is 23.0. The first-order valence-corrected chi connectivity index (χ1v) is 12.2. The molecule has 1 saturated heterocycles. The largest absolute Gasteiger partial charge is 0.462 e. The zero-order valence-electron chi connectivity index (χ0n) is 18.9. The number of esters is 1. The molecule has 4 rings (SSSR count). The Kier molecular flexibility index (Phi) is 6.26. The van der Waals surface area contributed by atoms with Crippen LogP contribution in [0, 0.1) is 0 Å². The van der Waals surface area contributed by atoms with Crippen LogP contribution in [-0.2, 0) is 28.9 Å². The molecule has 0 amide bonds. The van der Waals surface area contributed by atoms with Crippen LogP contribution >= 0.6 is 0 Å². The van der Waals surface area contributed by atoms with Gasteiger partial charge in [-0.25, -0.2) is 23.0 Å². The highest BCUT2D eigenvalue weighted by Gasteiger charge is 2.28. The van der Waals surface area contributed by atoms with E-state index in [1.165, 1.54) is 19.6 Å². The Hall–Kier alpha value is -3.18. The zero-order valence-corrected chi connectivity index (χ0v) is 19.7. The third-order valence-corrected chi connectivity index (χ3v) is 7.81. The Morgan fingerprint density at radius 2 is 1.79 bits per heavy atom. The maximum Gasteiger partial charge on any atom is 0.339 e. The lowest BCUT2D eigenvalue weighted by Gasteiger charge is -2.22. The van der Waals surface area contributed by atoms with Gasteiger partial charge in [0.05, 0.1) is 28.1 Å². The number of ether oxygens (including phenoxy) is 1. The number of hydrogen-bond acceptors (Lipinski definition) is 7. The molecule has 0 N–H and O–H groups in total. The van der Waals surface area contributed by atoms with Gasteiger partial charge in [-0.05, 0) is 43.7 Å². The standard InChI is InChI=1S/C22H27N5O5S/c1-4-32-21(28)16-6-9-20(23-15-16)26-10-5-11-27(13-12-26)33(30,31)17-7-8-18-19(14-17)25(3)22(29)24(18)2/h6-9,14-15H,4-5,10-13H2,1-3H3. The number of rotatable bonds is 5. The lowest BCUT2D eigenvalue weighted by Crippen LogP contribution is -2.35. The van der Waals surface area contributed by atoms with Gasteiger partial charge in [-0.2, -0.15) is 4.31 Å². The van der Waals surface area contributed by atoms with Crippen molar-refractivity contribution >= 4 is 32.8 Å². The van der Waals surface area contributed by atoms with Crippen LogP contribution in [0.3, 0.4) is 0 Å². The van der Waals surface area contributed by atoms with Crippen LogP contribution in [0.15, 0.2) is 46.2 Å². The molecule has 11 heteroatoms. The molecule has 33 heavy (non-hydrogen) atoms.